The molecule has 27 heavy (non-hydrogen) atoms. The Morgan fingerprint density at radius 2 is 1.59 bits per heavy atom. The topological polar surface area (TPSA) is 20.3 Å². The van der Waals surface area contributed by atoms with Crippen LogP contribution in [-0.4, -0.2) is 34.4 Å². The third-order valence-electron chi connectivity index (χ3n) is 5.01. The lowest BCUT2D eigenvalue weighted by Gasteiger charge is -2.29. The Balaban J connectivity index is 2.33. The molecule has 0 bridgehead atoms. The third-order valence-corrected chi connectivity index (χ3v) is 8.24. The molecule has 1 aliphatic rings. The van der Waals surface area contributed by atoms with Gasteiger partial charge in [-0.3, -0.25) is 4.79 Å². The quantitative estimate of drug-likeness (QED) is 0.279. The predicted octanol–water partition coefficient (Wildman–Crippen LogP) is 6.53. The average Bonchev–Trinajstić information content (AvgIpc) is 3.20. The number of benzene rings is 1. The molecule has 5 heteroatoms. The summed E-state index contributed by atoms with van der Waals surface area (Å²) >= 11 is 9.98. The lowest BCUT2D eigenvalue weighted by atomic mass is 9.97. The van der Waals surface area contributed by atoms with Crippen LogP contribution in [0, 0.1) is 0 Å². The first kappa shape index (κ1) is 23.0. The first-order chi connectivity index (χ1) is 13.2. The Hall–Kier alpha value is -0.320. The first-order valence-electron chi connectivity index (χ1n) is 10.4. The maximum Gasteiger partial charge on any atom is 0.241 e. The van der Waals surface area contributed by atoms with Crippen molar-refractivity contribution in [3.63, 3.8) is 0 Å². The molecule has 1 aliphatic heterocycles. The lowest BCUT2D eigenvalue weighted by molar-refractivity contribution is -0.116. The molecule has 0 unspecified atom stereocenters. The Kier molecular flexibility index (Phi) is 11.1. The molecule has 2 nitrogen and oxygen atoms in total. The summed E-state index contributed by atoms with van der Waals surface area (Å²) < 4.78 is 0.462. The van der Waals surface area contributed by atoms with Gasteiger partial charge in [0.25, 0.3) is 0 Å². The van der Waals surface area contributed by atoms with E-state index in [2.05, 4.69) is 32.0 Å². The fraction of sp³-hybridized carbons (Fsp3) is 0.682. The van der Waals surface area contributed by atoms with Crippen LogP contribution < -0.4 is 4.90 Å². The van der Waals surface area contributed by atoms with Crippen molar-refractivity contribution in [1.82, 2.24) is 0 Å². The molecule has 0 saturated carbocycles. The molecule has 1 amide bonds. The van der Waals surface area contributed by atoms with Crippen LogP contribution in [0.15, 0.2) is 18.2 Å². The number of halogens is 1. The molecular formula is C22H34ClNOS2. The minimum absolute atomic E-state index is 0.0458. The van der Waals surface area contributed by atoms with E-state index in [-0.39, 0.29) is 11.8 Å². The van der Waals surface area contributed by atoms with Crippen LogP contribution in [0.25, 0.3) is 0 Å². The average molecular weight is 428 g/mol. The minimum atomic E-state index is 0.0458. The zero-order valence-electron chi connectivity index (χ0n) is 16.8. The van der Waals surface area contributed by atoms with Gasteiger partial charge in [-0.2, -0.15) is 0 Å². The molecule has 1 fully saturated rings. The maximum atomic E-state index is 12.8. The summed E-state index contributed by atoms with van der Waals surface area (Å²) in [6.45, 7) is 5.24. The van der Waals surface area contributed by atoms with E-state index in [1.165, 1.54) is 66.8 Å². The highest BCUT2D eigenvalue weighted by molar-refractivity contribution is 8.20. The highest BCUT2D eigenvalue weighted by atomic mass is 35.5. The van der Waals surface area contributed by atoms with Crippen molar-refractivity contribution in [2.45, 2.75) is 69.8 Å². The van der Waals surface area contributed by atoms with Gasteiger partial charge in [0.05, 0.1) is 10.3 Å². The number of alkyl halides is 1. The molecular weight excluding hydrogens is 394 g/mol. The summed E-state index contributed by atoms with van der Waals surface area (Å²) in [4.78, 5) is 14.9. The van der Waals surface area contributed by atoms with Crippen molar-refractivity contribution >= 4 is 46.7 Å². The van der Waals surface area contributed by atoms with Gasteiger partial charge in [-0.15, -0.1) is 35.1 Å². The van der Waals surface area contributed by atoms with E-state index in [4.69, 9.17) is 11.6 Å². The standard InChI is InChI=1S/C22H34ClNOS2/c1-3-5-7-10-18-12-9-13-19(11-8-6-4-2)22(18)24(20(25)16-23)17-21-26-14-15-27-21/h9,12-13,21H,3-8,10-11,14-17H2,1-2H3. The summed E-state index contributed by atoms with van der Waals surface area (Å²) in [5, 5.41) is 0. The van der Waals surface area contributed by atoms with Gasteiger partial charge in [0.1, 0.15) is 5.88 Å². The highest BCUT2D eigenvalue weighted by Gasteiger charge is 2.26. The monoisotopic (exact) mass is 427 g/mol. The molecule has 0 aliphatic carbocycles. The molecule has 0 radical (unpaired) electrons. The summed E-state index contributed by atoms with van der Waals surface area (Å²) in [6, 6.07) is 6.62. The van der Waals surface area contributed by atoms with Crippen LogP contribution in [0.5, 0.6) is 0 Å². The van der Waals surface area contributed by atoms with Crippen molar-refractivity contribution in [1.29, 1.82) is 0 Å². The molecule has 0 spiro atoms. The molecule has 0 atom stereocenters. The van der Waals surface area contributed by atoms with Crippen molar-refractivity contribution in [3.05, 3.63) is 29.3 Å². The molecule has 152 valence electrons. The molecule has 1 aromatic rings. The van der Waals surface area contributed by atoms with Crippen molar-refractivity contribution in [2.24, 2.45) is 0 Å². The van der Waals surface area contributed by atoms with Gasteiger partial charge in [-0.25, -0.2) is 0 Å². The summed E-state index contributed by atoms with van der Waals surface area (Å²) in [7, 11) is 0. The zero-order chi connectivity index (χ0) is 19.5. The maximum absolute atomic E-state index is 12.8. The second-order valence-electron chi connectivity index (χ2n) is 7.15. The molecule has 0 aromatic heterocycles. The van der Waals surface area contributed by atoms with Gasteiger partial charge in [-0.1, -0.05) is 57.7 Å². The van der Waals surface area contributed by atoms with Crippen molar-refractivity contribution in [3.8, 4) is 0 Å². The Morgan fingerprint density at radius 1 is 1.04 bits per heavy atom. The molecule has 1 heterocycles. The lowest BCUT2D eigenvalue weighted by Crippen LogP contribution is -2.37. The van der Waals surface area contributed by atoms with Crippen LogP contribution in [0.2, 0.25) is 0 Å². The Bertz CT molecular complexity index is 547. The SMILES string of the molecule is CCCCCc1cccc(CCCCC)c1N(CC1SCCS1)C(=O)CCl. The number of carbonyl (C=O) groups is 1. The minimum Gasteiger partial charge on any atom is -0.309 e. The van der Waals surface area contributed by atoms with Gasteiger partial charge < -0.3 is 4.90 Å². The summed E-state index contributed by atoms with van der Waals surface area (Å²) in [5.74, 6) is 2.46. The first-order valence-corrected chi connectivity index (χ1v) is 13.0. The van der Waals surface area contributed by atoms with E-state index in [9.17, 15) is 4.79 Å². The van der Waals surface area contributed by atoms with E-state index in [0.717, 1.165) is 19.4 Å². The number of aryl methyl sites for hydroxylation is 2. The number of thioether (sulfide) groups is 2. The van der Waals surface area contributed by atoms with E-state index >= 15 is 0 Å². The third kappa shape index (κ3) is 7.21. The predicted molar refractivity (Wildman–Crippen MR) is 125 cm³/mol. The van der Waals surface area contributed by atoms with Crippen LogP contribution in [-0.2, 0) is 17.6 Å². The molecule has 2 rings (SSSR count). The number of para-hydroxylation sites is 1. The van der Waals surface area contributed by atoms with E-state index < -0.39 is 0 Å². The largest absolute Gasteiger partial charge is 0.309 e. The van der Waals surface area contributed by atoms with Crippen LogP contribution >= 0.6 is 35.1 Å². The van der Waals surface area contributed by atoms with Crippen molar-refractivity contribution < 1.29 is 4.79 Å². The number of hydrogen-bond acceptors (Lipinski definition) is 3. The van der Waals surface area contributed by atoms with E-state index in [1.54, 1.807) is 0 Å². The van der Waals surface area contributed by atoms with Gasteiger partial charge >= 0.3 is 0 Å². The van der Waals surface area contributed by atoms with Crippen molar-refractivity contribution in [2.75, 3.05) is 28.8 Å². The van der Waals surface area contributed by atoms with Crippen LogP contribution in [0.3, 0.4) is 0 Å². The van der Waals surface area contributed by atoms with Gasteiger partial charge in [-0.05, 0) is 36.8 Å². The molecule has 1 saturated heterocycles. The number of carbonyl (C=O) groups excluding carboxylic acids is 1. The number of rotatable bonds is 12. The van der Waals surface area contributed by atoms with E-state index in [0.29, 0.717) is 4.58 Å². The van der Waals surface area contributed by atoms with Crippen LogP contribution in [0.1, 0.15) is 63.5 Å². The van der Waals surface area contributed by atoms with Crippen LogP contribution in [0.4, 0.5) is 5.69 Å². The Morgan fingerprint density at radius 3 is 2.07 bits per heavy atom. The molecule has 0 N–H and O–H groups in total. The zero-order valence-corrected chi connectivity index (χ0v) is 19.2. The second-order valence-corrected chi connectivity index (χ2v) is 10.3. The van der Waals surface area contributed by atoms with Gasteiger partial charge in [0, 0.05) is 18.1 Å². The Labute approximate surface area is 179 Å². The summed E-state index contributed by atoms with van der Waals surface area (Å²) in [5.41, 5.74) is 3.82. The molecule has 1 aromatic carbocycles. The fourth-order valence-corrected chi connectivity index (χ4v) is 6.49. The summed E-state index contributed by atoms with van der Waals surface area (Å²) in [6.07, 6.45) is 9.34. The number of nitrogens with zero attached hydrogens (tertiary/aromatic N) is 1. The number of amides is 1. The number of unbranched alkanes of at least 4 members (excludes halogenated alkanes) is 4. The smallest absolute Gasteiger partial charge is 0.241 e. The highest BCUT2D eigenvalue weighted by Crippen LogP contribution is 2.36. The normalized spacial score (nSPS) is 14.6. The second kappa shape index (κ2) is 13.0. The fourth-order valence-electron chi connectivity index (χ4n) is 3.58. The number of hydrogen-bond donors (Lipinski definition) is 0. The van der Waals surface area contributed by atoms with Gasteiger partial charge in [0.15, 0.2) is 0 Å². The van der Waals surface area contributed by atoms with E-state index in [1.807, 2.05) is 28.4 Å². The number of anilines is 1. The van der Waals surface area contributed by atoms with Gasteiger partial charge in [0.2, 0.25) is 5.91 Å².